The summed E-state index contributed by atoms with van der Waals surface area (Å²) in [6.07, 6.45) is 1.89. The number of carbonyl (C=O) groups is 2. The molecule has 2 atom stereocenters. The molecule has 2 aromatic rings. The summed E-state index contributed by atoms with van der Waals surface area (Å²) in [4.78, 5) is 29.9. The molecule has 7 heteroatoms. The maximum Gasteiger partial charge on any atom is 0.290 e. The van der Waals surface area contributed by atoms with Crippen molar-refractivity contribution in [2.75, 3.05) is 51.4 Å². The number of anilines is 1. The largest absolute Gasteiger partial charge is 0.491 e. The van der Waals surface area contributed by atoms with Gasteiger partial charge in [0.25, 0.3) is 5.91 Å². The van der Waals surface area contributed by atoms with Crippen LogP contribution in [0.5, 0.6) is 5.75 Å². The lowest BCUT2D eigenvalue weighted by molar-refractivity contribution is -0.146. The molecule has 0 aliphatic carbocycles. The standard InChI is InChI=1S/C26H31N3O4/c1-19-23(18-24(27-19)20-7-4-3-5-8-20)25(30)26(31)29-13-11-28(12-14-29)21-9-6-10-22(17-21)33-16-15-32-2/h3-10,17-19,23,27H,11-16H2,1-2H3. The molecule has 0 spiro atoms. The van der Waals surface area contributed by atoms with Crippen molar-refractivity contribution in [2.24, 2.45) is 5.92 Å². The Morgan fingerprint density at radius 3 is 2.48 bits per heavy atom. The number of nitrogens with zero attached hydrogens (tertiary/aromatic N) is 2. The second-order valence-corrected chi connectivity index (χ2v) is 8.39. The van der Waals surface area contributed by atoms with Crippen LogP contribution in [-0.4, -0.2) is 69.1 Å². The number of ketones is 1. The zero-order valence-electron chi connectivity index (χ0n) is 19.2. The Bertz CT molecular complexity index is 1000. The molecule has 1 N–H and O–H groups in total. The van der Waals surface area contributed by atoms with Crippen LogP contribution in [0.25, 0.3) is 5.70 Å². The van der Waals surface area contributed by atoms with E-state index in [9.17, 15) is 9.59 Å². The maximum atomic E-state index is 13.0. The second-order valence-electron chi connectivity index (χ2n) is 8.39. The summed E-state index contributed by atoms with van der Waals surface area (Å²) < 4.78 is 10.7. The van der Waals surface area contributed by atoms with Crippen molar-refractivity contribution in [3.63, 3.8) is 0 Å². The van der Waals surface area contributed by atoms with Gasteiger partial charge in [-0.15, -0.1) is 0 Å². The van der Waals surface area contributed by atoms with Crippen molar-refractivity contribution in [3.05, 3.63) is 66.2 Å². The molecule has 2 aromatic carbocycles. The van der Waals surface area contributed by atoms with Crippen molar-refractivity contribution in [2.45, 2.75) is 13.0 Å². The zero-order chi connectivity index (χ0) is 23.2. The van der Waals surface area contributed by atoms with Gasteiger partial charge in [0, 0.05) is 56.8 Å². The Balaban J connectivity index is 1.34. The second kappa shape index (κ2) is 10.5. The van der Waals surface area contributed by atoms with Gasteiger partial charge >= 0.3 is 0 Å². The van der Waals surface area contributed by atoms with Gasteiger partial charge in [-0.3, -0.25) is 9.59 Å². The Morgan fingerprint density at radius 2 is 1.76 bits per heavy atom. The SMILES string of the molecule is COCCOc1cccc(N2CCN(C(=O)C(=O)C3C=C(c4ccccc4)NC3C)CC2)c1. The minimum atomic E-state index is -0.452. The molecule has 2 aliphatic heterocycles. The number of carbonyl (C=O) groups excluding carboxylic acids is 2. The van der Waals surface area contributed by atoms with E-state index >= 15 is 0 Å². The number of hydrogen-bond donors (Lipinski definition) is 1. The minimum absolute atomic E-state index is 0.112. The van der Waals surface area contributed by atoms with Crippen LogP contribution in [0.4, 0.5) is 5.69 Å². The van der Waals surface area contributed by atoms with Crippen molar-refractivity contribution >= 4 is 23.1 Å². The predicted octanol–water partition coefficient (Wildman–Crippen LogP) is 2.58. The van der Waals surface area contributed by atoms with E-state index < -0.39 is 11.8 Å². The number of Topliss-reactive ketones (excluding diaryl/α,β-unsaturated/α-hetero) is 1. The molecule has 0 aromatic heterocycles. The molecular formula is C26H31N3O4. The Hall–Kier alpha value is -3.32. The number of amides is 1. The van der Waals surface area contributed by atoms with Crippen LogP contribution in [0.2, 0.25) is 0 Å². The lowest BCUT2D eigenvalue weighted by Gasteiger charge is -2.36. The van der Waals surface area contributed by atoms with E-state index in [1.807, 2.05) is 67.6 Å². The van der Waals surface area contributed by atoms with E-state index in [1.54, 1.807) is 12.0 Å². The first-order valence-electron chi connectivity index (χ1n) is 11.4. The zero-order valence-corrected chi connectivity index (χ0v) is 19.2. The Labute approximate surface area is 195 Å². The first-order chi connectivity index (χ1) is 16.1. The number of hydrogen-bond acceptors (Lipinski definition) is 6. The van der Waals surface area contributed by atoms with Gasteiger partial charge in [-0.25, -0.2) is 0 Å². The summed E-state index contributed by atoms with van der Waals surface area (Å²) in [5, 5.41) is 3.35. The van der Waals surface area contributed by atoms with Gasteiger partial charge in [0.05, 0.1) is 12.5 Å². The van der Waals surface area contributed by atoms with Crippen LogP contribution < -0.4 is 15.0 Å². The molecule has 1 fully saturated rings. The van der Waals surface area contributed by atoms with Crippen LogP contribution in [0, 0.1) is 5.92 Å². The maximum absolute atomic E-state index is 13.0. The molecule has 174 valence electrons. The molecule has 33 heavy (non-hydrogen) atoms. The summed E-state index contributed by atoms with van der Waals surface area (Å²) in [6.45, 7) is 5.36. The van der Waals surface area contributed by atoms with Crippen LogP contribution >= 0.6 is 0 Å². The topological polar surface area (TPSA) is 71.1 Å². The summed E-state index contributed by atoms with van der Waals surface area (Å²) in [7, 11) is 1.65. The van der Waals surface area contributed by atoms with Crippen molar-refractivity contribution < 1.29 is 19.1 Å². The van der Waals surface area contributed by atoms with Crippen molar-refractivity contribution in [1.29, 1.82) is 0 Å². The highest BCUT2D eigenvalue weighted by molar-refractivity contribution is 6.37. The molecule has 2 heterocycles. The molecule has 2 aliphatic rings. The van der Waals surface area contributed by atoms with Gasteiger partial charge in [-0.2, -0.15) is 0 Å². The van der Waals surface area contributed by atoms with Crippen LogP contribution in [-0.2, 0) is 14.3 Å². The fourth-order valence-corrected chi connectivity index (χ4v) is 4.29. The molecule has 0 radical (unpaired) electrons. The average Bonchev–Trinajstić information content (AvgIpc) is 3.26. The van der Waals surface area contributed by atoms with Gasteiger partial charge in [0.2, 0.25) is 5.78 Å². The fraction of sp³-hybridized carbons (Fsp3) is 0.385. The number of ether oxygens (including phenoxy) is 2. The highest BCUT2D eigenvalue weighted by Gasteiger charge is 2.36. The molecular weight excluding hydrogens is 418 g/mol. The summed E-state index contributed by atoms with van der Waals surface area (Å²) in [6, 6.07) is 17.7. The van der Waals surface area contributed by atoms with Gasteiger partial charge < -0.3 is 24.6 Å². The molecule has 1 saturated heterocycles. The first-order valence-corrected chi connectivity index (χ1v) is 11.4. The molecule has 0 saturated carbocycles. The molecule has 7 nitrogen and oxygen atoms in total. The minimum Gasteiger partial charge on any atom is -0.491 e. The molecule has 4 rings (SSSR count). The van der Waals surface area contributed by atoms with Crippen molar-refractivity contribution in [1.82, 2.24) is 10.2 Å². The van der Waals surface area contributed by atoms with Crippen LogP contribution in [0.3, 0.4) is 0 Å². The number of nitrogens with one attached hydrogen (secondary N) is 1. The van der Waals surface area contributed by atoms with E-state index in [-0.39, 0.29) is 11.8 Å². The molecule has 0 bridgehead atoms. The van der Waals surface area contributed by atoms with E-state index in [2.05, 4.69) is 10.2 Å². The van der Waals surface area contributed by atoms with Gasteiger partial charge in [-0.05, 0) is 30.7 Å². The monoisotopic (exact) mass is 449 g/mol. The summed E-state index contributed by atoms with van der Waals surface area (Å²) in [5.41, 5.74) is 2.98. The quantitative estimate of drug-likeness (QED) is 0.494. The Morgan fingerprint density at radius 1 is 1.00 bits per heavy atom. The third-order valence-electron chi connectivity index (χ3n) is 6.17. The Kier molecular flexibility index (Phi) is 7.29. The number of methoxy groups -OCH3 is 1. The lowest BCUT2D eigenvalue weighted by atomic mass is 9.97. The van der Waals surface area contributed by atoms with E-state index in [0.29, 0.717) is 39.4 Å². The highest BCUT2D eigenvalue weighted by Crippen LogP contribution is 2.26. The van der Waals surface area contributed by atoms with E-state index in [4.69, 9.17) is 9.47 Å². The summed E-state index contributed by atoms with van der Waals surface area (Å²) >= 11 is 0. The predicted molar refractivity (Wildman–Crippen MR) is 128 cm³/mol. The average molecular weight is 450 g/mol. The smallest absolute Gasteiger partial charge is 0.290 e. The van der Waals surface area contributed by atoms with E-state index in [1.165, 1.54) is 0 Å². The van der Waals surface area contributed by atoms with Gasteiger partial charge in [0.15, 0.2) is 0 Å². The van der Waals surface area contributed by atoms with Crippen molar-refractivity contribution in [3.8, 4) is 5.75 Å². The lowest BCUT2D eigenvalue weighted by Crippen LogP contribution is -2.52. The van der Waals surface area contributed by atoms with Crippen LogP contribution in [0.15, 0.2) is 60.7 Å². The number of piperazine rings is 1. The van der Waals surface area contributed by atoms with Gasteiger partial charge in [0.1, 0.15) is 12.4 Å². The highest BCUT2D eigenvalue weighted by atomic mass is 16.5. The molecule has 1 amide bonds. The summed E-state index contributed by atoms with van der Waals surface area (Å²) in [5.74, 6) is -0.396. The number of rotatable bonds is 8. The first kappa shape index (κ1) is 22.9. The van der Waals surface area contributed by atoms with E-state index in [0.717, 1.165) is 22.7 Å². The molecule has 2 unspecified atom stereocenters. The van der Waals surface area contributed by atoms with Crippen LogP contribution in [0.1, 0.15) is 12.5 Å². The van der Waals surface area contributed by atoms with Gasteiger partial charge in [-0.1, -0.05) is 36.4 Å². The third-order valence-corrected chi connectivity index (χ3v) is 6.17. The number of benzene rings is 2. The fourth-order valence-electron chi connectivity index (χ4n) is 4.29. The third kappa shape index (κ3) is 5.37. The normalized spacial score (nSPS) is 20.2.